The Balaban J connectivity index is 2.09. The van der Waals surface area contributed by atoms with Crippen LogP contribution in [0.2, 0.25) is 0 Å². The number of carbonyl (C=O) groups excluding carboxylic acids is 1. The van der Waals surface area contributed by atoms with E-state index in [4.69, 9.17) is 0 Å². The second-order valence-corrected chi connectivity index (χ2v) is 7.88. The van der Waals surface area contributed by atoms with Crippen molar-refractivity contribution in [2.45, 2.75) is 0 Å². The van der Waals surface area contributed by atoms with Crippen molar-refractivity contribution in [2.24, 2.45) is 0 Å². The maximum absolute atomic E-state index is 14.8. The van der Waals surface area contributed by atoms with Crippen LogP contribution in [0.15, 0.2) is 35.1 Å². The van der Waals surface area contributed by atoms with Gasteiger partial charge in [0.1, 0.15) is 11.5 Å². The summed E-state index contributed by atoms with van der Waals surface area (Å²) in [5, 5.41) is 0.429. The molecule has 0 amide bonds. The molecule has 1 atom stereocenters. The molecule has 3 aromatic rings. The number of fused-ring (bicyclic) bond motifs is 1. The summed E-state index contributed by atoms with van der Waals surface area (Å²) in [5.74, 6) is -2.96. The van der Waals surface area contributed by atoms with Crippen LogP contribution in [0, 0.1) is 11.6 Å². The van der Waals surface area contributed by atoms with Crippen molar-refractivity contribution in [3.05, 3.63) is 57.8 Å². The van der Waals surface area contributed by atoms with E-state index in [1.165, 1.54) is 30.8 Å². The van der Waals surface area contributed by atoms with Crippen molar-refractivity contribution in [3.63, 3.8) is 0 Å². The highest BCUT2D eigenvalue weighted by Crippen LogP contribution is 2.28. The third-order valence-electron chi connectivity index (χ3n) is 3.59. The number of nitrogens with one attached hydrogen (secondary N) is 2. The summed E-state index contributed by atoms with van der Waals surface area (Å²) in [6.07, 6.45) is 2.89. The number of nitrogens with zero attached hydrogens (tertiary/aromatic N) is 2. The van der Waals surface area contributed by atoms with E-state index in [1.807, 2.05) is 0 Å². The molecular weight excluding hydrogens is 430 g/mol. The van der Waals surface area contributed by atoms with Crippen LogP contribution >= 0.6 is 15.9 Å². The number of aromatic amines is 1. The summed E-state index contributed by atoms with van der Waals surface area (Å²) in [5.41, 5.74) is -0.467. The SMILES string of the molecule is CN(C)S(=O)Nc1ccc(F)c(C(=O)c2c[nH]c3ncc(Br)cc23)c1F. The first kappa shape index (κ1) is 18.6. The van der Waals surface area contributed by atoms with Gasteiger partial charge in [0.15, 0.2) is 17.0 Å². The molecule has 0 fully saturated rings. The third kappa shape index (κ3) is 3.39. The van der Waals surface area contributed by atoms with E-state index in [0.29, 0.717) is 15.5 Å². The van der Waals surface area contributed by atoms with Crippen molar-refractivity contribution in [3.8, 4) is 0 Å². The summed E-state index contributed by atoms with van der Waals surface area (Å²) in [7, 11) is 3.04. The average Bonchev–Trinajstić information content (AvgIpc) is 3.00. The number of H-pyrrole nitrogens is 1. The van der Waals surface area contributed by atoms with Gasteiger partial charge in [0.25, 0.3) is 0 Å². The zero-order chi connectivity index (χ0) is 19.0. The molecule has 0 aliphatic carbocycles. The van der Waals surface area contributed by atoms with Crippen LogP contribution in [0.5, 0.6) is 0 Å². The lowest BCUT2D eigenvalue weighted by Gasteiger charge is -2.13. The van der Waals surface area contributed by atoms with Gasteiger partial charge in [-0.3, -0.25) is 9.52 Å². The quantitative estimate of drug-likeness (QED) is 0.594. The zero-order valence-corrected chi connectivity index (χ0v) is 16.0. The predicted molar refractivity (Wildman–Crippen MR) is 99.0 cm³/mol. The molecule has 6 nitrogen and oxygen atoms in total. The van der Waals surface area contributed by atoms with E-state index >= 15 is 0 Å². The molecule has 0 bridgehead atoms. The van der Waals surface area contributed by atoms with Gasteiger partial charge in [-0.05, 0) is 34.1 Å². The zero-order valence-electron chi connectivity index (χ0n) is 13.6. The Hall–Kier alpha value is -2.17. The molecule has 0 saturated heterocycles. The van der Waals surface area contributed by atoms with Crippen LogP contribution in [-0.2, 0) is 11.2 Å². The lowest BCUT2D eigenvalue weighted by atomic mass is 10.0. The third-order valence-corrected chi connectivity index (χ3v) is 5.08. The minimum atomic E-state index is -1.74. The van der Waals surface area contributed by atoms with Crippen LogP contribution in [-0.4, -0.2) is 38.4 Å². The molecule has 3 rings (SSSR count). The number of aromatic nitrogens is 2. The molecule has 0 radical (unpaired) electrons. The van der Waals surface area contributed by atoms with Crippen molar-refractivity contribution in [2.75, 3.05) is 18.8 Å². The fraction of sp³-hybridized carbons (Fsp3) is 0.125. The summed E-state index contributed by atoms with van der Waals surface area (Å²) in [6, 6.07) is 3.68. The van der Waals surface area contributed by atoms with E-state index in [-0.39, 0.29) is 11.3 Å². The molecule has 0 aliphatic heterocycles. The molecule has 2 heterocycles. The maximum Gasteiger partial charge on any atom is 0.201 e. The number of rotatable bonds is 5. The van der Waals surface area contributed by atoms with Gasteiger partial charge >= 0.3 is 0 Å². The first-order valence-electron chi connectivity index (χ1n) is 7.30. The smallest absolute Gasteiger partial charge is 0.201 e. The van der Waals surface area contributed by atoms with E-state index in [9.17, 15) is 17.8 Å². The number of ketones is 1. The average molecular weight is 443 g/mol. The van der Waals surface area contributed by atoms with Gasteiger partial charge in [-0.15, -0.1) is 0 Å². The number of benzene rings is 1. The van der Waals surface area contributed by atoms with Crippen molar-refractivity contribution >= 4 is 49.6 Å². The summed E-state index contributed by atoms with van der Waals surface area (Å²) in [6.45, 7) is 0. The number of hydrogen-bond donors (Lipinski definition) is 2. The van der Waals surface area contributed by atoms with Gasteiger partial charge < -0.3 is 4.98 Å². The van der Waals surface area contributed by atoms with E-state index in [0.717, 1.165) is 12.1 Å². The number of hydrogen-bond acceptors (Lipinski definition) is 3. The molecule has 136 valence electrons. The molecule has 0 aliphatic rings. The maximum atomic E-state index is 14.8. The lowest BCUT2D eigenvalue weighted by molar-refractivity contribution is 0.103. The monoisotopic (exact) mass is 442 g/mol. The van der Waals surface area contributed by atoms with Crippen LogP contribution in [0.1, 0.15) is 15.9 Å². The minimum Gasteiger partial charge on any atom is -0.345 e. The minimum absolute atomic E-state index is 0.0810. The lowest BCUT2D eigenvalue weighted by Crippen LogP contribution is -2.23. The van der Waals surface area contributed by atoms with Crippen LogP contribution in [0.4, 0.5) is 14.5 Å². The van der Waals surface area contributed by atoms with Crippen molar-refractivity contribution in [1.82, 2.24) is 14.3 Å². The van der Waals surface area contributed by atoms with Crippen molar-refractivity contribution in [1.29, 1.82) is 0 Å². The number of pyridine rings is 1. The molecule has 0 saturated carbocycles. The van der Waals surface area contributed by atoms with Gasteiger partial charge in [-0.1, -0.05) is 0 Å². The van der Waals surface area contributed by atoms with Gasteiger partial charge in [0.05, 0.1) is 11.3 Å². The highest BCUT2D eigenvalue weighted by molar-refractivity contribution is 9.10. The number of halogens is 3. The Bertz CT molecular complexity index is 1040. The predicted octanol–water partition coefficient (Wildman–Crippen LogP) is 3.39. The molecule has 26 heavy (non-hydrogen) atoms. The largest absolute Gasteiger partial charge is 0.345 e. The van der Waals surface area contributed by atoms with Crippen LogP contribution in [0.3, 0.4) is 0 Å². The Labute approximate surface area is 158 Å². The molecule has 2 aromatic heterocycles. The van der Waals surface area contributed by atoms with Crippen LogP contribution < -0.4 is 4.72 Å². The normalized spacial score (nSPS) is 12.5. The van der Waals surface area contributed by atoms with Crippen molar-refractivity contribution < 1.29 is 17.8 Å². The standard InChI is InChI=1S/C16H13BrF2N4O2S/c1-23(2)26(25)22-12-4-3-11(18)13(14(12)19)15(24)10-7-21-16-9(10)5-8(17)6-20-16/h3-7,22H,1-2H3,(H,20,21). The number of anilines is 1. The molecule has 1 aromatic carbocycles. The van der Waals surface area contributed by atoms with Gasteiger partial charge in [-0.25, -0.2) is 22.3 Å². The van der Waals surface area contributed by atoms with E-state index < -0.39 is 34.2 Å². The second-order valence-electron chi connectivity index (χ2n) is 5.53. The Morgan fingerprint density at radius 2 is 2.08 bits per heavy atom. The molecule has 2 N–H and O–H groups in total. The summed E-state index contributed by atoms with van der Waals surface area (Å²) >= 11 is 1.52. The Kier molecular flexibility index (Phi) is 5.17. The second kappa shape index (κ2) is 7.22. The van der Waals surface area contributed by atoms with Crippen LogP contribution in [0.25, 0.3) is 11.0 Å². The first-order valence-corrected chi connectivity index (χ1v) is 9.20. The van der Waals surface area contributed by atoms with Gasteiger partial charge in [0, 0.05) is 41.9 Å². The first-order chi connectivity index (χ1) is 12.3. The van der Waals surface area contributed by atoms with Gasteiger partial charge in [-0.2, -0.15) is 0 Å². The molecule has 10 heteroatoms. The summed E-state index contributed by atoms with van der Waals surface area (Å²) in [4.78, 5) is 19.7. The Morgan fingerprint density at radius 1 is 1.35 bits per heavy atom. The van der Waals surface area contributed by atoms with E-state index in [2.05, 4.69) is 30.6 Å². The van der Waals surface area contributed by atoms with Gasteiger partial charge in [0.2, 0.25) is 5.78 Å². The molecule has 1 unspecified atom stereocenters. The summed E-state index contributed by atoms with van der Waals surface area (Å²) < 4.78 is 45.2. The van der Waals surface area contributed by atoms with E-state index in [1.54, 1.807) is 6.07 Å². The fourth-order valence-electron chi connectivity index (χ4n) is 2.33. The highest BCUT2D eigenvalue weighted by Gasteiger charge is 2.25. The highest BCUT2D eigenvalue weighted by atomic mass is 79.9. The topological polar surface area (TPSA) is 78.1 Å². The molecule has 0 spiro atoms. The fourth-order valence-corrected chi connectivity index (χ4v) is 3.18. The Morgan fingerprint density at radius 3 is 2.77 bits per heavy atom. The molecular formula is C16H13BrF2N4O2S. The number of carbonyl (C=O) groups is 1.